The summed E-state index contributed by atoms with van der Waals surface area (Å²) in [6.07, 6.45) is 0. The van der Waals surface area contributed by atoms with Gasteiger partial charge in [-0.3, -0.25) is 15.1 Å². The molecular weight excluding hydrogens is 272 g/mol. The number of hydrogen-bond acceptors (Lipinski definition) is 5. The number of aryl methyl sites for hydroxylation is 2. The summed E-state index contributed by atoms with van der Waals surface area (Å²) >= 11 is 1.42. The first-order valence-electron chi connectivity index (χ1n) is 6.39. The van der Waals surface area contributed by atoms with Crippen LogP contribution in [0.4, 0.5) is 5.13 Å². The standard InChI is InChI=1S/C14H18N4OS/c1-8-5-6-11(9(2)16-8)13(19)18-14-17-12(7-20-14)10(3)15-4/h5-7,10,15H,1-4H3,(H,17,18,19). The van der Waals surface area contributed by atoms with Crippen LogP contribution in [0.15, 0.2) is 17.5 Å². The molecule has 0 aliphatic heterocycles. The summed E-state index contributed by atoms with van der Waals surface area (Å²) < 4.78 is 0. The van der Waals surface area contributed by atoms with Gasteiger partial charge in [0, 0.05) is 17.1 Å². The van der Waals surface area contributed by atoms with E-state index < -0.39 is 0 Å². The van der Waals surface area contributed by atoms with E-state index in [0.29, 0.717) is 10.7 Å². The summed E-state index contributed by atoms with van der Waals surface area (Å²) in [5.74, 6) is -0.173. The molecular formula is C14H18N4OS. The van der Waals surface area contributed by atoms with E-state index in [2.05, 4.69) is 20.6 Å². The zero-order chi connectivity index (χ0) is 14.7. The number of carbonyl (C=O) groups excluding carboxylic acids is 1. The summed E-state index contributed by atoms with van der Waals surface area (Å²) in [6, 6.07) is 3.79. The second-order valence-corrected chi connectivity index (χ2v) is 5.49. The zero-order valence-corrected chi connectivity index (χ0v) is 12.8. The quantitative estimate of drug-likeness (QED) is 0.908. The molecule has 2 aromatic heterocycles. The number of aromatic nitrogens is 2. The van der Waals surface area contributed by atoms with Crippen LogP contribution in [-0.2, 0) is 0 Å². The summed E-state index contributed by atoms with van der Waals surface area (Å²) in [4.78, 5) is 20.9. The van der Waals surface area contributed by atoms with Gasteiger partial charge >= 0.3 is 0 Å². The Labute approximate surface area is 122 Å². The Kier molecular flexibility index (Phi) is 4.46. The molecule has 1 amide bonds. The highest BCUT2D eigenvalue weighted by Crippen LogP contribution is 2.21. The highest BCUT2D eigenvalue weighted by molar-refractivity contribution is 7.14. The molecule has 0 spiro atoms. The maximum Gasteiger partial charge on any atom is 0.259 e. The fourth-order valence-electron chi connectivity index (χ4n) is 1.78. The number of rotatable bonds is 4. The molecule has 0 aromatic carbocycles. The lowest BCUT2D eigenvalue weighted by Crippen LogP contribution is -2.15. The summed E-state index contributed by atoms with van der Waals surface area (Å²) in [5, 5.41) is 8.48. The lowest BCUT2D eigenvalue weighted by atomic mass is 10.2. The number of anilines is 1. The molecule has 5 nitrogen and oxygen atoms in total. The molecule has 2 N–H and O–H groups in total. The average Bonchev–Trinajstić information content (AvgIpc) is 2.86. The van der Waals surface area contributed by atoms with Crippen molar-refractivity contribution in [3.05, 3.63) is 40.2 Å². The number of nitrogens with zero attached hydrogens (tertiary/aromatic N) is 2. The molecule has 6 heteroatoms. The van der Waals surface area contributed by atoms with Gasteiger partial charge < -0.3 is 5.32 Å². The third-order valence-electron chi connectivity index (χ3n) is 3.09. The smallest absolute Gasteiger partial charge is 0.259 e. The van der Waals surface area contributed by atoms with Gasteiger partial charge in [-0.15, -0.1) is 11.3 Å². The zero-order valence-electron chi connectivity index (χ0n) is 12.0. The van der Waals surface area contributed by atoms with Crippen LogP contribution in [0.1, 0.15) is 40.4 Å². The molecule has 20 heavy (non-hydrogen) atoms. The second kappa shape index (κ2) is 6.11. The van der Waals surface area contributed by atoms with Crippen molar-refractivity contribution < 1.29 is 4.79 Å². The van der Waals surface area contributed by atoms with Crippen LogP contribution in [-0.4, -0.2) is 22.9 Å². The number of hydrogen-bond donors (Lipinski definition) is 2. The van der Waals surface area contributed by atoms with Crippen LogP contribution in [0.5, 0.6) is 0 Å². The van der Waals surface area contributed by atoms with Crippen molar-refractivity contribution in [2.75, 3.05) is 12.4 Å². The summed E-state index contributed by atoms with van der Waals surface area (Å²) in [5.41, 5.74) is 3.13. The minimum absolute atomic E-state index is 0.166. The van der Waals surface area contributed by atoms with E-state index in [4.69, 9.17) is 0 Å². The first-order valence-corrected chi connectivity index (χ1v) is 7.27. The number of pyridine rings is 1. The SMILES string of the molecule is CNC(C)c1csc(NC(=O)c2ccc(C)nc2C)n1. The Hall–Kier alpha value is -1.79. The predicted molar refractivity (Wildman–Crippen MR) is 81.3 cm³/mol. The molecule has 1 unspecified atom stereocenters. The van der Waals surface area contributed by atoms with Crippen molar-refractivity contribution in [1.29, 1.82) is 0 Å². The number of thiazole rings is 1. The molecule has 106 valence electrons. The topological polar surface area (TPSA) is 66.9 Å². The van der Waals surface area contributed by atoms with Gasteiger partial charge in [-0.2, -0.15) is 0 Å². The van der Waals surface area contributed by atoms with Gasteiger partial charge in [-0.05, 0) is 40.0 Å². The molecule has 0 aliphatic rings. The van der Waals surface area contributed by atoms with Gasteiger partial charge in [0.25, 0.3) is 5.91 Å². The Morgan fingerprint density at radius 1 is 1.30 bits per heavy atom. The maximum atomic E-state index is 12.2. The van der Waals surface area contributed by atoms with Crippen molar-refractivity contribution in [2.45, 2.75) is 26.8 Å². The normalized spacial score (nSPS) is 12.2. The van der Waals surface area contributed by atoms with E-state index in [-0.39, 0.29) is 11.9 Å². The molecule has 2 aromatic rings. The van der Waals surface area contributed by atoms with Gasteiger partial charge in [0.2, 0.25) is 0 Å². The van der Waals surface area contributed by atoms with E-state index in [1.807, 2.05) is 39.3 Å². The van der Waals surface area contributed by atoms with E-state index in [9.17, 15) is 4.79 Å². The predicted octanol–water partition coefficient (Wildman–Crippen LogP) is 2.69. The number of amides is 1. The largest absolute Gasteiger partial charge is 0.312 e. The first kappa shape index (κ1) is 14.6. The molecule has 1 atom stereocenters. The molecule has 0 radical (unpaired) electrons. The van der Waals surface area contributed by atoms with Crippen molar-refractivity contribution in [3.63, 3.8) is 0 Å². The summed E-state index contributed by atoms with van der Waals surface area (Å²) in [6.45, 7) is 5.76. The number of nitrogens with one attached hydrogen (secondary N) is 2. The molecule has 0 saturated carbocycles. The van der Waals surface area contributed by atoms with Crippen LogP contribution >= 0.6 is 11.3 Å². The number of carbonyl (C=O) groups is 1. The van der Waals surface area contributed by atoms with Gasteiger partial charge in [0.1, 0.15) is 0 Å². The minimum Gasteiger partial charge on any atom is -0.312 e. The van der Waals surface area contributed by atoms with Gasteiger partial charge in [0.15, 0.2) is 5.13 Å². The van der Waals surface area contributed by atoms with Crippen LogP contribution < -0.4 is 10.6 Å². The van der Waals surface area contributed by atoms with Crippen LogP contribution in [0, 0.1) is 13.8 Å². The lowest BCUT2D eigenvalue weighted by Gasteiger charge is -2.06. The Morgan fingerprint density at radius 3 is 2.70 bits per heavy atom. The maximum absolute atomic E-state index is 12.2. The molecule has 0 fully saturated rings. The Balaban J connectivity index is 2.13. The molecule has 2 rings (SSSR count). The highest BCUT2D eigenvalue weighted by Gasteiger charge is 2.13. The van der Waals surface area contributed by atoms with E-state index in [1.165, 1.54) is 11.3 Å². The van der Waals surface area contributed by atoms with Gasteiger partial charge in [0.05, 0.1) is 17.0 Å². The van der Waals surface area contributed by atoms with Crippen molar-refractivity contribution >= 4 is 22.4 Å². The summed E-state index contributed by atoms with van der Waals surface area (Å²) in [7, 11) is 1.88. The van der Waals surface area contributed by atoms with E-state index in [1.54, 1.807) is 6.07 Å². The monoisotopic (exact) mass is 290 g/mol. The van der Waals surface area contributed by atoms with Crippen molar-refractivity contribution in [3.8, 4) is 0 Å². The second-order valence-electron chi connectivity index (χ2n) is 4.63. The minimum atomic E-state index is -0.173. The third-order valence-corrected chi connectivity index (χ3v) is 3.86. The van der Waals surface area contributed by atoms with Gasteiger partial charge in [-0.25, -0.2) is 4.98 Å². The molecule has 0 bridgehead atoms. The van der Waals surface area contributed by atoms with Crippen LogP contribution in [0.2, 0.25) is 0 Å². The van der Waals surface area contributed by atoms with E-state index >= 15 is 0 Å². The molecule has 0 saturated heterocycles. The van der Waals surface area contributed by atoms with Crippen LogP contribution in [0.25, 0.3) is 0 Å². The third kappa shape index (κ3) is 3.20. The fourth-order valence-corrected chi connectivity index (χ4v) is 2.58. The van der Waals surface area contributed by atoms with Gasteiger partial charge in [-0.1, -0.05) is 0 Å². The first-order chi connectivity index (χ1) is 9.51. The van der Waals surface area contributed by atoms with E-state index in [0.717, 1.165) is 17.1 Å². The highest BCUT2D eigenvalue weighted by atomic mass is 32.1. The lowest BCUT2D eigenvalue weighted by molar-refractivity contribution is 0.102. The molecule has 2 heterocycles. The van der Waals surface area contributed by atoms with Crippen molar-refractivity contribution in [2.24, 2.45) is 0 Å². The average molecular weight is 290 g/mol. The van der Waals surface area contributed by atoms with Crippen molar-refractivity contribution in [1.82, 2.24) is 15.3 Å². The molecule has 0 aliphatic carbocycles. The van der Waals surface area contributed by atoms with Crippen LogP contribution in [0.3, 0.4) is 0 Å². The Morgan fingerprint density at radius 2 is 2.05 bits per heavy atom. The fraction of sp³-hybridized carbons (Fsp3) is 0.357. The Bertz CT molecular complexity index is 623.